The molecule has 3 aromatic carbocycles. The zero-order valence-electron chi connectivity index (χ0n) is 23.0. The fraction of sp³-hybridized carbons (Fsp3) is 0.303. The van der Waals surface area contributed by atoms with Gasteiger partial charge in [0.05, 0.1) is 24.5 Å². The van der Waals surface area contributed by atoms with Gasteiger partial charge in [0, 0.05) is 42.6 Å². The minimum Gasteiger partial charge on any atom is -0.491 e. The number of rotatable bonds is 9. The van der Waals surface area contributed by atoms with Gasteiger partial charge in [0.1, 0.15) is 18.5 Å². The molecule has 212 valence electrons. The molecule has 3 heterocycles. The summed E-state index contributed by atoms with van der Waals surface area (Å²) >= 11 is 12.8. The second-order valence-corrected chi connectivity index (χ2v) is 11.5. The van der Waals surface area contributed by atoms with Crippen LogP contribution in [0.5, 0.6) is 5.75 Å². The van der Waals surface area contributed by atoms with Crippen molar-refractivity contribution in [2.75, 3.05) is 26.3 Å². The van der Waals surface area contributed by atoms with E-state index >= 15 is 0 Å². The van der Waals surface area contributed by atoms with Crippen molar-refractivity contribution in [1.82, 2.24) is 14.5 Å². The summed E-state index contributed by atoms with van der Waals surface area (Å²) in [5.74, 6) is -0.222. The minimum absolute atomic E-state index is 0.267. The van der Waals surface area contributed by atoms with Crippen LogP contribution < -0.4 is 4.74 Å². The highest BCUT2D eigenvalue weighted by Gasteiger charge is 2.45. The van der Waals surface area contributed by atoms with Crippen LogP contribution in [0.15, 0.2) is 85.5 Å². The van der Waals surface area contributed by atoms with E-state index in [0.29, 0.717) is 29.8 Å². The molecule has 6 nitrogen and oxygen atoms in total. The quantitative estimate of drug-likeness (QED) is 0.212. The third-order valence-electron chi connectivity index (χ3n) is 7.61. The Morgan fingerprint density at radius 2 is 1.95 bits per heavy atom. The van der Waals surface area contributed by atoms with E-state index in [9.17, 15) is 0 Å². The molecule has 1 fully saturated rings. The van der Waals surface area contributed by atoms with E-state index in [1.165, 1.54) is 22.3 Å². The Balaban J connectivity index is 1.06. The molecule has 1 saturated heterocycles. The standard InChI is InChI=1S/C33H33Cl2N3O3/c1-24-4-6-25(7-5-24)3-2-14-37-15-12-26-17-29(10-8-27(26)19-37)39-20-30-21-40-33(41-30,22-38-16-13-36-23-38)31-11-9-28(34)18-32(31)35/h2-11,13,16-18,23,30H,12,14-15,19-22H2,1H3/t30-,33-/m0/s1. The summed E-state index contributed by atoms with van der Waals surface area (Å²) in [5.41, 5.74) is 5.94. The molecule has 0 unspecified atom stereocenters. The molecule has 0 amide bonds. The molecule has 0 aliphatic carbocycles. The van der Waals surface area contributed by atoms with Gasteiger partial charge in [-0.2, -0.15) is 0 Å². The Kier molecular flexibility index (Phi) is 8.47. The smallest absolute Gasteiger partial charge is 0.215 e. The molecule has 2 aliphatic rings. The number of fused-ring (bicyclic) bond motifs is 1. The highest BCUT2D eigenvalue weighted by Crippen LogP contribution is 2.40. The lowest BCUT2D eigenvalue weighted by Gasteiger charge is -2.30. The van der Waals surface area contributed by atoms with Gasteiger partial charge in [-0.15, -0.1) is 0 Å². The van der Waals surface area contributed by atoms with Gasteiger partial charge in [-0.3, -0.25) is 4.90 Å². The predicted molar refractivity (Wildman–Crippen MR) is 162 cm³/mol. The number of aryl methyl sites for hydroxylation is 1. The van der Waals surface area contributed by atoms with Gasteiger partial charge in [-0.1, -0.05) is 77.3 Å². The highest BCUT2D eigenvalue weighted by atomic mass is 35.5. The Morgan fingerprint density at radius 1 is 1.07 bits per heavy atom. The lowest BCUT2D eigenvalue weighted by Crippen LogP contribution is -2.34. The molecular formula is C33H33Cl2N3O3. The van der Waals surface area contributed by atoms with Gasteiger partial charge in [-0.05, 0) is 54.3 Å². The van der Waals surface area contributed by atoms with Gasteiger partial charge in [-0.25, -0.2) is 4.98 Å². The van der Waals surface area contributed by atoms with Crippen LogP contribution in [0, 0.1) is 6.92 Å². The van der Waals surface area contributed by atoms with Crippen molar-refractivity contribution < 1.29 is 14.2 Å². The molecule has 4 aromatic rings. The first-order valence-electron chi connectivity index (χ1n) is 13.9. The number of halogens is 2. The van der Waals surface area contributed by atoms with E-state index in [2.05, 4.69) is 71.4 Å². The van der Waals surface area contributed by atoms with Crippen molar-refractivity contribution in [3.8, 4) is 5.75 Å². The molecule has 0 spiro atoms. The lowest BCUT2D eigenvalue weighted by molar-refractivity contribution is -0.189. The van der Waals surface area contributed by atoms with Crippen LogP contribution in [0.1, 0.15) is 27.8 Å². The fourth-order valence-electron chi connectivity index (χ4n) is 5.41. The van der Waals surface area contributed by atoms with Crippen LogP contribution >= 0.6 is 23.2 Å². The van der Waals surface area contributed by atoms with E-state index in [1.54, 1.807) is 24.7 Å². The zero-order valence-corrected chi connectivity index (χ0v) is 24.5. The van der Waals surface area contributed by atoms with Crippen LogP contribution in [0.4, 0.5) is 0 Å². The monoisotopic (exact) mass is 589 g/mol. The number of imidazole rings is 1. The Labute approximate surface area is 251 Å². The summed E-state index contributed by atoms with van der Waals surface area (Å²) < 4.78 is 20.9. The van der Waals surface area contributed by atoms with Gasteiger partial charge >= 0.3 is 0 Å². The summed E-state index contributed by atoms with van der Waals surface area (Å²) in [5, 5.41) is 1.05. The van der Waals surface area contributed by atoms with Crippen molar-refractivity contribution in [3.05, 3.63) is 123 Å². The second kappa shape index (κ2) is 12.4. The molecule has 1 aromatic heterocycles. The van der Waals surface area contributed by atoms with Crippen molar-refractivity contribution >= 4 is 29.3 Å². The van der Waals surface area contributed by atoms with E-state index < -0.39 is 5.79 Å². The summed E-state index contributed by atoms with van der Waals surface area (Å²) in [6.45, 7) is 6.15. The fourth-order valence-corrected chi connectivity index (χ4v) is 5.97. The van der Waals surface area contributed by atoms with Crippen LogP contribution in [0.25, 0.3) is 6.08 Å². The van der Waals surface area contributed by atoms with Gasteiger partial charge in [0.15, 0.2) is 0 Å². The Morgan fingerprint density at radius 3 is 2.76 bits per heavy atom. The van der Waals surface area contributed by atoms with Crippen LogP contribution in [-0.2, 0) is 34.8 Å². The number of nitrogens with zero attached hydrogens (tertiary/aromatic N) is 3. The van der Waals surface area contributed by atoms with E-state index in [-0.39, 0.29) is 6.10 Å². The average molecular weight is 591 g/mol. The molecule has 2 aliphatic heterocycles. The molecule has 2 atom stereocenters. The summed E-state index contributed by atoms with van der Waals surface area (Å²) in [4.78, 5) is 6.63. The van der Waals surface area contributed by atoms with Crippen molar-refractivity contribution in [2.24, 2.45) is 0 Å². The van der Waals surface area contributed by atoms with Crippen molar-refractivity contribution in [1.29, 1.82) is 0 Å². The number of ether oxygens (including phenoxy) is 3. The summed E-state index contributed by atoms with van der Waals surface area (Å²) in [6.07, 6.45) is 10.5. The maximum absolute atomic E-state index is 6.59. The van der Waals surface area contributed by atoms with E-state index in [0.717, 1.165) is 37.4 Å². The second-order valence-electron chi connectivity index (χ2n) is 10.7. The molecule has 41 heavy (non-hydrogen) atoms. The van der Waals surface area contributed by atoms with Gasteiger partial charge in [0.25, 0.3) is 0 Å². The first-order chi connectivity index (χ1) is 20.0. The van der Waals surface area contributed by atoms with Gasteiger partial charge in [0.2, 0.25) is 5.79 Å². The number of benzene rings is 3. The van der Waals surface area contributed by atoms with Crippen LogP contribution in [0.2, 0.25) is 10.0 Å². The average Bonchev–Trinajstić information content (AvgIpc) is 3.63. The Bertz CT molecular complexity index is 1510. The summed E-state index contributed by atoms with van der Waals surface area (Å²) in [7, 11) is 0. The lowest BCUT2D eigenvalue weighted by atomic mass is 9.99. The molecule has 0 saturated carbocycles. The van der Waals surface area contributed by atoms with E-state index in [4.69, 9.17) is 37.4 Å². The minimum atomic E-state index is -1.07. The Hall–Kier alpha value is -3.13. The van der Waals surface area contributed by atoms with Crippen molar-refractivity contribution in [2.45, 2.75) is 38.3 Å². The van der Waals surface area contributed by atoms with E-state index in [1.807, 2.05) is 16.8 Å². The van der Waals surface area contributed by atoms with Gasteiger partial charge < -0.3 is 18.8 Å². The molecule has 0 bridgehead atoms. The first-order valence-corrected chi connectivity index (χ1v) is 14.6. The summed E-state index contributed by atoms with van der Waals surface area (Å²) in [6, 6.07) is 20.4. The molecule has 0 radical (unpaired) electrons. The third kappa shape index (κ3) is 6.69. The van der Waals surface area contributed by atoms with Crippen LogP contribution in [-0.4, -0.2) is 46.9 Å². The molecule has 8 heteroatoms. The number of hydrogen-bond acceptors (Lipinski definition) is 5. The molecule has 0 N–H and O–H groups in total. The number of hydrogen-bond donors (Lipinski definition) is 0. The maximum Gasteiger partial charge on any atom is 0.215 e. The zero-order chi connectivity index (χ0) is 28.2. The normalized spacial score (nSPS) is 20.9. The maximum atomic E-state index is 6.59. The topological polar surface area (TPSA) is 48.8 Å². The SMILES string of the molecule is Cc1ccc(C=CCN2CCc3cc(OC[C@H]4CO[C@](Cn5ccnc5)(c5ccc(Cl)cc5Cl)O4)ccc3C2)cc1. The highest BCUT2D eigenvalue weighted by molar-refractivity contribution is 6.35. The number of aromatic nitrogens is 2. The van der Waals surface area contributed by atoms with Crippen LogP contribution in [0.3, 0.4) is 0 Å². The largest absolute Gasteiger partial charge is 0.491 e. The third-order valence-corrected chi connectivity index (χ3v) is 8.15. The molecular weight excluding hydrogens is 557 g/mol. The first kappa shape index (κ1) is 28.0. The predicted octanol–water partition coefficient (Wildman–Crippen LogP) is 6.92. The molecule has 6 rings (SSSR count). The van der Waals surface area contributed by atoms with Crippen molar-refractivity contribution in [3.63, 3.8) is 0 Å².